The van der Waals surface area contributed by atoms with Gasteiger partial charge in [-0.3, -0.25) is 0 Å². The Morgan fingerprint density at radius 1 is 2.00 bits per heavy atom. The molecule has 1 unspecified atom stereocenters. The summed E-state index contributed by atoms with van der Waals surface area (Å²) in [5.74, 6) is 0. The van der Waals surface area contributed by atoms with Gasteiger partial charge in [0.1, 0.15) is 0 Å². The van der Waals surface area contributed by atoms with E-state index in [1.54, 1.807) is 0 Å². The summed E-state index contributed by atoms with van der Waals surface area (Å²) in [5, 5.41) is 0. The van der Waals surface area contributed by atoms with Gasteiger partial charge in [-0.1, -0.05) is 0 Å². The maximum atomic E-state index is 5.35. The summed E-state index contributed by atoms with van der Waals surface area (Å²) in [6.07, 6.45) is 0. The first-order valence-electron chi connectivity index (χ1n) is 2.01. The second-order valence-corrected chi connectivity index (χ2v) is 42.0. The topological polar surface area (TPSA) is 9.23 Å². The zero-order valence-corrected chi connectivity index (χ0v) is 10.9. The molecule has 0 aromatic rings. The molecule has 5 heteroatoms. The van der Waals surface area contributed by atoms with Gasteiger partial charge in [-0.15, -0.1) is 0 Å². The predicted molar refractivity (Wildman–Crippen MR) is 35.3 cm³/mol. The van der Waals surface area contributed by atoms with Gasteiger partial charge in [0, 0.05) is 0 Å². The van der Waals surface area contributed by atoms with Crippen LogP contribution in [0.2, 0.25) is 0 Å². The second-order valence-electron chi connectivity index (χ2n) is 1.47. The minimum absolute atomic E-state index is 0.0810. The number of rotatable bonds is 0. The fourth-order valence-electron chi connectivity index (χ4n) is 0.354. The van der Waals surface area contributed by atoms with E-state index in [1.807, 2.05) is 0 Å². The van der Waals surface area contributed by atoms with Crippen LogP contribution in [-0.4, -0.2) is 39.3 Å². The molecule has 1 heterocycles. The van der Waals surface area contributed by atoms with Crippen LogP contribution in [0.4, 0.5) is 0 Å². The molecule has 1 aliphatic heterocycles. The Balaban J connectivity index is 2.08. The molecule has 30 valence electrons. The first-order chi connectivity index (χ1) is 2.39. The van der Waals surface area contributed by atoms with Crippen molar-refractivity contribution in [2.24, 2.45) is 0 Å². The monoisotopic (exact) mass is 182 g/mol. The summed E-state index contributed by atoms with van der Waals surface area (Å²) < 4.78 is 5.35. The molecule has 0 bridgehead atoms. The Labute approximate surface area is 43.7 Å². The number of hydrogen-bond donors (Lipinski definition) is 0. The van der Waals surface area contributed by atoms with Gasteiger partial charge in [0.25, 0.3) is 0 Å². The summed E-state index contributed by atoms with van der Waals surface area (Å²) in [7, 11) is 1.75. The van der Waals surface area contributed by atoms with Crippen molar-refractivity contribution in [1.82, 2.24) is 0 Å². The van der Waals surface area contributed by atoms with E-state index in [0.717, 1.165) is 0 Å². The third-order valence-corrected chi connectivity index (χ3v) is 67.0. The third kappa shape index (κ3) is 1.00. The van der Waals surface area contributed by atoms with Crippen LogP contribution < -0.4 is 0 Å². The molecule has 0 spiro atoms. The molecular formula is H8GeOSi3. The Hall–Kier alpha value is 1.15. The van der Waals surface area contributed by atoms with E-state index < -0.39 is 0 Å². The van der Waals surface area contributed by atoms with Crippen molar-refractivity contribution in [3.05, 3.63) is 0 Å². The molecular weight excluding hydrogens is 173 g/mol. The molecule has 0 N–H and O–H groups in total. The Morgan fingerprint density at radius 3 is 2.40 bits per heavy atom. The molecule has 0 aromatic carbocycles. The molecule has 0 amide bonds. The molecule has 1 nitrogen and oxygen atoms in total. The quantitative estimate of drug-likeness (QED) is 0.349. The molecule has 0 radical (unpaired) electrons. The normalized spacial score (nSPS) is 46.8. The average molecular weight is 181 g/mol. The summed E-state index contributed by atoms with van der Waals surface area (Å²) in [6, 6.07) is 0. The molecule has 1 fully saturated rings. The van der Waals surface area contributed by atoms with E-state index in [2.05, 4.69) is 0 Å². The summed E-state index contributed by atoms with van der Waals surface area (Å²) in [4.78, 5) is 0. The first-order valence-corrected chi connectivity index (χ1v) is 20.9. The van der Waals surface area contributed by atoms with E-state index >= 15 is 0 Å². The van der Waals surface area contributed by atoms with Crippen molar-refractivity contribution in [3.63, 3.8) is 0 Å². The molecule has 1 saturated heterocycles. The van der Waals surface area contributed by atoms with Crippen LogP contribution in [-0.2, 0) is 4.12 Å². The van der Waals surface area contributed by atoms with Gasteiger partial charge < -0.3 is 0 Å². The standard InChI is InChI=1S/GeH8OSi3/c3-5-1-4-2-5/h5H,1,4H2,3H3. The average Bonchev–Trinajstić information content (AvgIpc) is 1.30. The van der Waals surface area contributed by atoms with Crippen LogP contribution in [0, 0.1) is 0 Å². The van der Waals surface area contributed by atoms with Crippen molar-refractivity contribution in [3.8, 4) is 0 Å². The van der Waals surface area contributed by atoms with Crippen molar-refractivity contribution in [2.45, 2.75) is 0 Å². The van der Waals surface area contributed by atoms with Gasteiger partial charge in [-0.05, 0) is 0 Å². The van der Waals surface area contributed by atoms with Crippen molar-refractivity contribution < 1.29 is 4.12 Å². The molecule has 0 aromatic heterocycles. The maximum absolute atomic E-state index is 5.35. The van der Waals surface area contributed by atoms with Gasteiger partial charge >= 0.3 is 43.4 Å². The van der Waals surface area contributed by atoms with Gasteiger partial charge in [0.05, 0.1) is 0 Å². The van der Waals surface area contributed by atoms with Crippen LogP contribution in [0.15, 0.2) is 0 Å². The zero-order valence-electron chi connectivity index (χ0n) is 3.40. The third-order valence-electron chi connectivity index (χ3n) is 0.927. The molecule has 0 saturated carbocycles. The molecule has 1 aliphatic rings. The zero-order chi connectivity index (χ0) is 3.70. The van der Waals surface area contributed by atoms with E-state index in [9.17, 15) is 0 Å². The van der Waals surface area contributed by atoms with Crippen molar-refractivity contribution >= 4 is 39.3 Å². The minimum atomic E-state index is -0.0810. The fraction of sp³-hybridized carbons (Fsp3) is 0. The van der Waals surface area contributed by atoms with E-state index in [-0.39, 0.29) is 7.08 Å². The Bertz CT molecular complexity index is 33.9. The molecule has 1 rings (SSSR count). The van der Waals surface area contributed by atoms with E-state index in [1.165, 1.54) is 9.76 Å². The fourth-order valence-corrected chi connectivity index (χ4v) is 38.6. The van der Waals surface area contributed by atoms with Crippen molar-refractivity contribution in [2.75, 3.05) is 0 Å². The van der Waals surface area contributed by atoms with Crippen molar-refractivity contribution in [1.29, 1.82) is 0 Å². The Kier molecular flexibility index (Phi) is 1.50. The summed E-state index contributed by atoms with van der Waals surface area (Å²) in [6.45, 7) is 0. The van der Waals surface area contributed by atoms with Crippen LogP contribution >= 0.6 is 0 Å². The SMILES string of the molecule is [SiH3][SiH]1O[SiH2][GeH2]1. The number of hydrogen-bond acceptors (Lipinski definition) is 1. The molecule has 5 heavy (non-hydrogen) atoms. The van der Waals surface area contributed by atoms with Crippen LogP contribution in [0.5, 0.6) is 0 Å². The van der Waals surface area contributed by atoms with Gasteiger partial charge in [-0.2, -0.15) is 0 Å². The van der Waals surface area contributed by atoms with Crippen LogP contribution in [0.1, 0.15) is 0 Å². The first kappa shape index (κ1) is 4.32. The Morgan fingerprint density at radius 2 is 2.40 bits per heavy atom. The van der Waals surface area contributed by atoms with Gasteiger partial charge in [-0.25, -0.2) is 0 Å². The summed E-state index contributed by atoms with van der Waals surface area (Å²) >= 11 is 0.312. The summed E-state index contributed by atoms with van der Waals surface area (Å²) in [5.41, 5.74) is 0. The van der Waals surface area contributed by atoms with Gasteiger partial charge in [0.2, 0.25) is 0 Å². The predicted octanol–water partition coefficient (Wildman–Crippen LogP) is -3.73. The van der Waals surface area contributed by atoms with E-state index in [0.29, 0.717) is 22.4 Å². The van der Waals surface area contributed by atoms with Crippen LogP contribution in [0.25, 0.3) is 0 Å². The van der Waals surface area contributed by atoms with Crippen LogP contribution in [0.3, 0.4) is 0 Å². The second kappa shape index (κ2) is 1.74. The molecule has 1 atom stereocenters. The van der Waals surface area contributed by atoms with E-state index in [4.69, 9.17) is 4.12 Å². The van der Waals surface area contributed by atoms with Gasteiger partial charge in [0.15, 0.2) is 0 Å². The molecule has 0 aliphatic carbocycles.